The highest BCUT2D eigenvalue weighted by Crippen LogP contribution is 2.27. The second-order valence-electron chi connectivity index (χ2n) is 6.25. The largest absolute Gasteiger partial charge is 0.322 e. The van der Waals surface area contributed by atoms with Crippen LogP contribution in [0.5, 0.6) is 0 Å². The van der Waals surface area contributed by atoms with Crippen molar-refractivity contribution in [2.24, 2.45) is 0 Å². The van der Waals surface area contributed by atoms with E-state index in [-0.39, 0.29) is 5.91 Å². The van der Waals surface area contributed by atoms with Crippen LogP contribution in [0.15, 0.2) is 47.4 Å². The number of urea groups is 1. The van der Waals surface area contributed by atoms with Gasteiger partial charge in [0.05, 0.1) is 0 Å². The fourth-order valence-corrected chi connectivity index (χ4v) is 3.27. The number of benzene rings is 2. The normalized spacial score (nSPS) is 19.0. The Morgan fingerprint density at radius 3 is 2.58 bits per heavy atom. The average molecular weight is 369 g/mol. The van der Waals surface area contributed by atoms with E-state index in [2.05, 4.69) is 16.0 Å². The van der Waals surface area contributed by atoms with Gasteiger partial charge in [0.2, 0.25) is 0 Å². The standard InChI is InChI=1S/C19H19N3O3S/c1-11-7-8-14(26-3)10-15(11)16(23)20-13-6-4-5-12(9-13)19(2)17(24)21-18(25)22-19/h4-10H,1-3H3,(H,20,23)(H2,21,22,24,25). The predicted molar refractivity (Wildman–Crippen MR) is 101 cm³/mol. The van der Waals surface area contributed by atoms with Gasteiger partial charge >= 0.3 is 6.03 Å². The minimum absolute atomic E-state index is 0.222. The molecule has 0 aliphatic carbocycles. The van der Waals surface area contributed by atoms with Crippen molar-refractivity contribution in [3.8, 4) is 0 Å². The van der Waals surface area contributed by atoms with Crippen LogP contribution in [-0.4, -0.2) is 24.1 Å². The lowest BCUT2D eigenvalue weighted by atomic mass is 9.92. The number of hydrogen-bond acceptors (Lipinski definition) is 4. The highest BCUT2D eigenvalue weighted by molar-refractivity contribution is 7.98. The van der Waals surface area contributed by atoms with Crippen LogP contribution >= 0.6 is 11.8 Å². The van der Waals surface area contributed by atoms with Gasteiger partial charge in [0.25, 0.3) is 11.8 Å². The van der Waals surface area contributed by atoms with Gasteiger partial charge in [-0.15, -0.1) is 11.8 Å². The predicted octanol–water partition coefficient (Wildman–Crippen LogP) is 3.02. The molecule has 6 nitrogen and oxygen atoms in total. The molecule has 1 aliphatic heterocycles. The number of imide groups is 1. The van der Waals surface area contributed by atoms with Crippen molar-refractivity contribution >= 4 is 35.3 Å². The van der Waals surface area contributed by atoms with Crippen molar-refractivity contribution in [2.75, 3.05) is 11.6 Å². The number of aryl methyl sites for hydroxylation is 1. The Morgan fingerprint density at radius 1 is 1.15 bits per heavy atom. The molecule has 1 aliphatic rings. The minimum Gasteiger partial charge on any atom is -0.322 e. The van der Waals surface area contributed by atoms with Crippen molar-refractivity contribution in [1.82, 2.24) is 10.6 Å². The Morgan fingerprint density at radius 2 is 1.92 bits per heavy atom. The quantitative estimate of drug-likeness (QED) is 0.571. The molecule has 1 unspecified atom stereocenters. The monoisotopic (exact) mass is 369 g/mol. The maximum Gasteiger partial charge on any atom is 0.322 e. The summed E-state index contributed by atoms with van der Waals surface area (Å²) in [5, 5.41) is 7.72. The fourth-order valence-electron chi connectivity index (χ4n) is 2.83. The number of hydrogen-bond donors (Lipinski definition) is 3. The van der Waals surface area contributed by atoms with Crippen molar-refractivity contribution in [1.29, 1.82) is 0 Å². The molecule has 134 valence electrons. The molecule has 7 heteroatoms. The molecule has 0 radical (unpaired) electrons. The highest BCUT2D eigenvalue weighted by atomic mass is 32.2. The van der Waals surface area contributed by atoms with Crippen LogP contribution in [0, 0.1) is 6.92 Å². The van der Waals surface area contributed by atoms with Gasteiger partial charge in [0, 0.05) is 16.1 Å². The molecule has 3 N–H and O–H groups in total. The van der Waals surface area contributed by atoms with E-state index >= 15 is 0 Å². The van der Waals surface area contributed by atoms with Crippen LogP contribution in [-0.2, 0) is 10.3 Å². The third-order valence-electron chi connectivity index (χ3n) is 4.43. The van der Waals surface area contributed by atoms with Crippen LogP contribution in [0.25, 0.3) is 0 Å². The molecule has 1 saturated heterocycles. The van der Waals surface area contributed by atoms with E-state index in [4.69, 9.17) is 0 Å². The molecule has 0 bridgehead atoms. The second-order valence-corrected chi connectivity index (χ2v) is 7.13. The lowest BCUT2D eigenvalue weighted by Gasteiger charge is -2.21. The fraction of sp³-hybridized carbons (Fsp3) is 0.211. The van der Waals surface area contributed by atoms with Crippen molar-refractivity contribution < 1.29 is 14.4 Å². The first-order valence-electron chi connectivity index (χ1n) is 8.03. The number of thioether (sulfide) groups is 1. The first kappa shape index (κ1) is 18.0. The molecule has 3 rings (SSSR count). The molecule has 4 amide bonds. The van der Waals surface area contributed by atoms with E-state index in [0.717, 1.165) is 10.5 Å². The van der Waals surface area contributed by atoms with E-state index in [1.165, 1.54) is 0 Å². The Bertz CT molecular complexity index is 913. The lowest BCUT2D eigenvalue weighted by molar-refractivity contribution is -0.123. The third-order valence-corrected chi connectivity index (χ3v) is 5.16. The molecule has 1 fully saturated rings. The molecule has 2 aromatic rings. The summed E-state index contributed by atoms with van der Waals surface area (Å²) in [7, 11) is 0. The van der Waals surface area contributed by atoms with Crippen LogP contribution in [0.1, 0.15) is 28.4 Å². The van der Waals surface area contributed by atoms with Gasteiger partial charge in [0.1, 0.15) is 5.54 Å². The first-order valence-corrected chi connectivity index (χ1v) is 9.26. The summed E-state index contributed by atoms with van der Waals surface area (Å²) in [6, 6.07) is 12.1. The van der Waals surface area contributed by atoms with E-state index in [1.807, 2.05) is 31.4 Å². The minimum atomic E-state index is -1.16. The summed E-state index contributed by atoms with van der Waals surface area (Å²) in [6.45, 7) is 3.51. The molecule has 2 aromatic carbocycles. The zero-order valence-corrected chi connectivity index (χ0v) is 15.5. The summed E-state index contributed by atoms with van der Waals surface area (Å²) in [5.41, 5.74) is 1.46. The Balaban J connectivity index is 1.87. The van der Waals surface area contributed by atoms with Crippen LogP contribution in [0.4, 0.5) is 10.5 Å². The second kappa shape index (κ2) is 6.84. The summed E-state index contributed by atoms with van der Waals surface area (Å²) < 4.78 is 0. The van der Waals surface area contributed by atoms with E-state index in [0.29, 0.717) is 16.8 Å². The average Bonchev–Trinajstić information content (AvgIpc) is 2.88. The molecule has 26 heavy (non-hydrogen) atoms. The number of carbonyl (C=O) groups is 3. The van der Waals surface area contributed by atoms with Crippen LogP contribution in [0.3, 0.4) is 0 Å². The number of carbonyl (C=O) groups excluding carboxylic acids is 3. The van der Waals surface area contributed by atoms with Crippen molar-refractivity contribution in [3.05, 3.63) is 59.2 Å². The van der Waals surface area contributed by atoms with E-state index < -0.39 is 17.5 Å². The summed E-state index contributed by atoms with van der Waals surface area (Å²) >= 11 is 1.57. The van der Waals surface area contributed by atoms with Gasteiger partial charge in [-0.2, -0.15) is 0 Å². The molecule has 1 atom stereocenters. The third kappa shape index (κ3) is 3.30. The van der Waals surface area contributed by atoms with Gasteiger partial charge in [-0.25, -0.2) is 4.79 Å². The van der Waals surface area contributed by atoms with Gasteiger partial charge in [-0.05, 0) is 55.5 Å². The smallest absolute Gasteiger partial charge is 0.322 e. The number of amides is 4. The van der Waals surface area contributed by atoms with Crippen LogP contribution in [0.2, 0.25) is 0 Å². The zero-order chi connectivity index (χ0) is 18.9. The molecule has 0 aromatic heterocycles. The maximum absolute atomic E-state index is 12.7. The molecular formula is C19H19N3O3S. The van der Waals surface area contributed by atoms with Crippen molar-refractivity contribution in [3.63, 3.8) is 0 Å². The first-order chi connectivity index (χ1) is 12.3. The maximum atomic E-state index is 12.7. The van der Waals surface area contributed by atoms with E-state index in [1.54, 1.807) is 43.0 Å². The topological polar surface area (TPSA) is 87.3 Å². The molecule has 0 spiro atoms. The number of rotatable bonds is 4. The Labute approximate surface area is 155 Å². The van der Waals surface area contributed by atoms with Crippen molar-refractivity contribution in [2.45, 2.75) is 24.3 Å². The molecular weight excluding hydrogens is 350 g/mol. The van der Waals surface area contributed by atoms with E-state index in [9.17, 15) is 14.4 Å². The molecule has 1 heterocycles. The van der Waals surface area contributed by atoms with Crippen LogP contribution < -0.4 is 16.0 Å². The Kier molecular flexibility index (Phi) is 4.73. The lowest BCUT2D eigenvalue weighted by Crippen LogP contribution is -2.40. The zero-order valence-electron chi connectivity index (χ0n) is 14.7. The molecule has 0 saturated carbocycles. The van der Waals surface area contributed by atoms with Gasteiger partial charge in [-0.3, -0.25) is 14.9 Å². The summed E-state index contributed by atoms with van der Waals surface area (Å²) in [6.07, 6.45) is 1.96. The number of nitrogens with one attached hydrogen (secondary N) is 3. The summed E-state index contributed by atoms with van der Waals surface area (Å²) in [5.74, 6) is -0.643. The van der Waals surface area contributed by atoms with Gasteiger partial charge in [0.15, 0.2) is 0 Å². The van der Waals surface area contributed by atoms with Gasteiger partial charge < -0.3 is 10.6 Å². The Hall–Kier alpha value is -2.80. The highest BCUT2D eigenvalue weighted by Gasteiger charge is 2.43. The SMILES string of the molecule is CSc1ccc(C)c(C(=O)Nc2cccc(C3(C)NC(=O)NC3=O)c2)c1. The summed E-state index contributed by atoms with van der Waals surface area (Å²) in [4.78, 5) is 37.2. The number of anilines is 1. The van der Waals surface area contributed by atoms with Gasteiger partial charge in [-0.1, -0.05) is 18.2 Å².